The van der Waals surface area contributed by atoms with Gasteiger partial charge in [-0.05, 0) is 31.2 Å². The number of ether oxygens (including phenoxy) is 1. The number of benzene rings is 2. The van der Waals surface area contributed by atoms with Gasteiger partial charge in [0.1, 0.15) is 6.54 Å². The minimum atomic E-state index is -4.74. The first kappa shape index (κ1) is 20.4. The first-order chi connectivity index (χ1) is 13.7. The van der Waals surface area contributed by atoms with E-state index in [0.29, 0.717) is 5.69 Å². The summed E-state index contributed by atoms with van der Waals surface area (Å²) in [7, 11) is 1.52. The summed E-state index contributed by atoms with van der Waals surface area (Å²) in [6.45, 7) is 0.651. The average molecular weight is 405 g/mol. The van der Waals surface area contributed by atoms with Gasteiger partial charge >= 0.3 is 12.1 Å². The Morgan fingerprint density at radius 1 is 1.10 bits per heavy atom. The van der Waals surface area contributed by atoms with Crippen LogP contribution in [0.5, 0.6) is 0 Å². The summed E-state index contributed by atoms with van der Waals surface area (Å²) < 4.78 is 45.8. The van der Waals surface area contributed by atoms with E-state index < -0.39 is 36.5 Å². The van der Waals surface area contributed by atoms with Crippen LogP contribution in [0.2, 0.25) is 0 Å². The molecule has 1 aromatic heterocycles. The molecule has 2 aromatic carbocycles. The van der Waals surface area contributed by atoms with E-state index in [9.17, 15) is 22.8 Å². The Bertz CT molecular complexity index is 1030. The maximum Gasteiger partial charge on any atom is 0.449 e. The number of alkyl halides is 3. The van der Waals surface area contributed by atoms with Gasteiger partial charge in [0.15, 0.2) is 6.10 Å². The Morgan fingerprint density at radius 2 is 1.72 bits per heavy atom. The Balaban J connectivity index is 1.76. The highest BCUT2D eigenvalue weighted by atomic mass is 19.4. The van der Waals surface area contributed by atoms with Gasteiger partial charge in [-0.3, -0.25) is 9.59 Å². The Hall–Kier alpha value is -3.36. The molecule has 1 heterocycles. The van der Waals surface area contributed by atoms with Crippen molar-refractivity contribution in [2.75, 3.05) is 11.9 Å². The second-order valence-electron chi connectivity index (χ2n) is 6.37. The monoisotopic (exact) mass is 405 g/mol. The molecule has 3 aromatic rings. The van der Waals surface area contributed by atoms with E-state index in [4.69, 9.17) is 4.74 Å². The van der Waals surface area contributed by atoms with Gasteiger partial charge in [-0.1, -0.05) is 30.3 Å². The Labute approximate surface area is 164 Å². The molecule has 0 fully saturated rings. The van der Waals surface area contributed by atoms with Crippen LogP contribution in [0.4, 0.5) is 18.9 Å². The number of nitrogens with zero attached hydrogens (tertiary/aromatic N) is 3. The molecule has 0 aliphatic rings. The van der Waals surface area contributed by atoms with Crippen molar-refractivity contribution in [2.24, 2.45) is 0 Å². The SMILES string of the molecule is C[C@H](OC(=O)Cn1c(C(F)(F)F)nc2ccccc21)C(=O)N(C)c1ccccc1. The van der Waals surface area contributed by atoms with Crippen LogP contribution in [0.3, 0.4) is 0 Å². The molecule has 0 unspecified atom stereocenters. The van der Waals surface area contributed by atoms with Crippen molar-refractivity contribution < 1.29 is 27.5 Å². The standard InChI is InChI=1S/C20H18F3N3O3/c1-13(18(28)25(2)14-8-4-3-5-9-14)29-17(27)12-26-16-11-7-6-10-15(16)24-19(26)20(21,22)23/h3-11,13H,12H2,1-2H3/t13-/m0/s1. The third kappa shape index (κ3) is 4.39. The topological polar surface area (TPSA) is 64.4 Å². The lowest BCUT2D eigenvalue weighted by Gasteiger charge is -2.22. The molecule has 29 heavy (non-hydrogen) atoms. The summed E-state index contributed by atoms with van der Waals surface area (Å²) in [5.41, 5.74) is 0.859. The van der Waals surface area contributed by atoms with Crippen molar-refractivity contribution in [3.05, 3.63) is 60.4 Å². The number of para-hydroxylation sites is 3. The highest BCUT2D eigenvalue weighted by Gasteiger charge is 2.38. The molecule has 0 aliphatic heterocycles. The van der Waals surface area contributed by atoms with Gasteiger partial charge in [-0.25, -0.2) is 4.98 Å². The normalized spacial score (nSPS) is 12.6. The predicted molar refractivity (Wildman–Crippen MR) is 100 cm³/mol. The van der Waals surface area contributed by atoms with E-state index in [2.05, 4.69) is 4.98 Å². The second-order valence-corrected chi connectivity index (χ2v) is 6.37. The van der Waals surface area contributed by atoms with Crippen LogP contribution in [-0.2, 0) is 27.0 Å². The average Bonchev–Trinajstić information content (AvgIpc) is 3.06. The van der Waals surface area contributed by atoms with E-state index in [0.717, 1.165) is 4.57 Å². The number of halogens is 3. The van der Waals surface area contributed by atoms with Crippen LogP contribution >= 0.6 is 0 Å². The fourth-order valence-electron chi connectivity index (χ4n) is 2.92. The molecule has 0 aliphatic carbocycles. The van der Waals surface area contributed by atoms with E-state index in [-0.39, 0.29) is 11.0 Å². The lowest BCUT2D eigenvalue weighted by Crippen LogP contribution is -2.38. The van der Waals surface area contributed by atoms with Gasteiger partial charge < -0.3 is 14.2 Å². The van der Waals surface area contributed by atoms with E-state index in [1.165, 1.54) is 31.0 Å². The molecule has 0 N–H and O–H groups in total. The molecule has 1 amide bonds. The summed E-state index contributed by atoms with van der Waals surface area (Å²) in [5, 5.41) is 0. The number of fused-ring (bicyclic) bond motifs is 1. The summed E-state index contributed by atoms with van der Waals surface area (Å²) in [6, 6.07) is 14.7. The van der Waals surface area contributed by atoms with Crippen LogP contribution in [-0.4, -0.2) is 34.6 Å². The van der Waals surface area contributed by atoms with Crippen molar-refractivity contribution in [3.8, 4) is 0 Å². The summed E-state index contributed by atoms with van der Waals surface area (Å²) in [5.74, 6) is -2.67. The number of hydrogen-bond donors (Lipinski definition) is 0. The molecule has 0 saturated heterocycles. The van der Waals surface area contributed by atoms with E-state index in [1.807, 2.05) is 0 Å². The molecule has 1 atom stereocenters. The maximum absolute atomic E-state index is 13.3. The summed E-state index contributed by atoms with van der Waals surface area (Å²) in [6.07, 6.45) is -5.91. The van der Waals surface area contributed by atoms with Crippen molar-refractivity contribution in [1.29, 1.82) is 0 Å². The van der Waals surface area contributed by atoms with Gasteiger partial charge in [0.25, 0.3) is 5.91 Å². The summed E-state index contributed by atoms with van der Waals surface area (Å²) in [4.78, 5) is 29.7. The van der Waals surface area contributed by atoms with Crippen LogP contribution in [0.1, 0.15) is 12.7 Å². The first-order valence-electron chi connectivity index (χ1n) is 8.73. The van der Waals surface area contributed by atoms with E-state index in [1.54, 1.807) is 42.5 Å². The van der Waals surface area contributed by atoms with Gasteiger partial charge in [-0.2, -0.15) is 13.2 Å². The fourth-order valence-corrected chi connectivity index (χ4v) is 2.92. The van der Waals surface area contributed by atoms with Gasteiger partial charge in [0.05, 0.1) is 11.0 Å². The van der Waals surface area contributed by atoms with Gasteiger partial charge in [0.2, 0.25) is 5.82 Å². The third-order valence-electron chi connectivity index (χ3n) is 4.33. The predicted octanol–water partition coefficient (Wildman–Crippen LogP) is 3.65. The Kier molecular flexibility index (Phi) is 5.58. The number of hydrogen-bond acceptors (Lipinski definition) is 4. The van der Waals surface area contributed by atoms with E-state index >= 15 is 0 Å². The number of amides is 1. The fraction of sp³-hybridized carbons (Fsp3) is 0.250. The number of aromatic nitrogens is 2. The lowest BCUT2D eigenvalue weighted by molar-refractivity contribution is -0.156. The molecular weight excluding hydrogens is 387 g/mol. The molecule has 9 heteroatoms. The van der Waals surface area contributed by atoms with Gasteiger partial charge in [0, 0.05) is 12.7 Å². The second kappa shape index (κ2) is 7.94. The number of esters is 1. The molecule has 0 bridgehead atoms. The zero-order chi connectivity index (χ0) is 21.2. The Morgan fingerprint density at radius 3 is 2.38 bits per heavy atom. The number of carbonyl (C=O) groups excluding carboxylic acids is 2. The largest absolute Gasteiger partial charge is 0.451 e. The van der Waals surface area contributed by atoms with Crippen molar-refractivity contribution in [3.63, 3.8) is 0 Å². The summed E-state index contributed by atoms with van der Waals surface area (Å²) >= 11 is 0. The molecule has 3 rings (SSSR count). The smallest absolute Gasteiger partial charge is 0.449 e. The third-order valence-corrected chi connectivity index (χ3v) is 4.33. The number of imidazole rings is 1. The molecule has 6 nitrogen and oxygen atoms in total. The first-order valence-corrected chi connectivity index (χ1v) is 8.73. The highest BCUT2D eigenvalue weighted by Crippen LogP contribution is 2.31. The lowest BCUT2D eigenvalue weighted by atomic mass is 10.2. The highest BCUT2D eigenvalue weighted by molar-refractivity contribution is 5.96. The number of likely N-dealkylation sites (N-methyl/N-ethyl adjacent to an activating group) is 1. The van der Waals surface area contributed by atoms with Crippen LogP contribution in [0.25, 0.3) is 11.0 Å². The van der Waals surface area contributed by atoms with Gasteiger partial charge in [-0.15, -0.1) is 0 Å². The zero-order valence-electron chi connectivity index (χ0n) is 15.7. The number of rotatable bonds is 5. The molecular formula is C20H18F3N3O3. The number of anilines is 1. The molecule has 0 radical (unpaired) electrons. The van der Waals surface area contributed by atoms with Crippen molar-refractivity contribution >= 4 is 28.6 Å². The molecule has 152 valence electrons. The van der Waals surface area contributed by atoms with Crippen LogP contribution in [0.15, 0.2) is 54.6 Å². The zero-order valence-corrected chi connectivity index (χ0v) is 15.7. The van der Waals surface area contributed by atoms with Crippen molar-refractivity contribution in [1.82, 2.24) is 9.55 Å². The molecule has 0 saturated carbocycles. The van der Waals surface area contributed by atoms with Crippen molar-refractivity contribution in [2.45, 2.75) is 25.7 Å². The molecule has 0 spiro atoms. The van der Waals surface area contributed by atoms with Crippen LogP contribution in [0, 0.1) is 0 Å². The van der Waals surface area contributed by atoms with Crippen LogP contribution < -0.4 is 4.90 Å². The minimum Gasteiger partial charge on any atom is -0.451 e. The maximum atomic E-state index is 13.3. The minimum absolute atomic E-state index is 0.112. The quantitative estimate of drug-likeness (QED) is 0.608. The number of carbonyl (C=O) groups is 2.